The van der Waals surface area contributed by atoms with Crippen LogP contribution in [0, 0.1) is 0 Å². The van der Waals surface area contributed by atoms with Gasteiger partial charge in [-0.15, -0.1) is 0 Å². The number of rotatable bonds is 4. The molecule has 0 bridgehead atoms. The zero-order valence-corrected chi connectivity index (χ0v) is 13.3. The first-order valence-electron chi connectivity index (χ1n) is 6.59. The van der Waals surface area contributed by atoms with Crippen molar-refractivity contribution < 1.29 is 4.79 Å². The van der Waals surface area contributed by atoms with Gasteiger partial charge in [0.25, 0.3) is 0 Å². The van der Waals surface area contributed by atoms with Gasteiger partial charge in [-0.3, -0.25) is 4.79 Å². The average molecular weight is 346 g/mol. The molecule has 1 aliphatic heterocycles. The largest absolute Gasteiger partial charge is 0.324 e. The highest BCUT2D eigenvalue weighted by atomic mass is 79.9. The molecule has 0 spiro atoms. The molecule has 0 radical (unpaired) electrons. The molecule has 0 aliphatic carbocycles. The number of carbonyl (C=O) groups excluding carboxylic acids is 1. The van der Waals surface area contributed by atoms with Crippen molar-refractivity contribution in [3.8, 4) is 0 Å². The number of halogens is 2. The summed E-state index contributed by atoms with van der Waals surface area (Å²) in [4.78, 5) is 12.5. The minimum Gasteiger partial charge on any atom is -0.324 e. The van der Waals surface area contributed by atoms with E-state index in [9.17, 15) is 4.79 Å². The summed E-state index contributed by atoms with van der Waals surface area (Å²) in [6.07, 6.45) is 3.82. The molecule has 1 aromatic carbocycles. The maximum absolute atomic E-state index is 12.5. The molecule has 3 nitrogen and oxygen atoms in total. The minimum absolute atomic E-state index is 0.0565. The third-order valence-electron chi connectivity index (χ3n) is 3.53. The van der Waals surface area contributed by atoms with Crippen LogP contribution in [0.2, 0.25) is 5.02 Å². The number of amides is 1. The molecule has 2 rings (SSSR count). The first kappa shape index (κ1) is 14.8. The van der Waals surface area contributed by atoms with Crippen LogP contribution in [0.3, 0.4) is 0 Å². The van der Waals surface area contributed by atoms with E-state index in [-0.39, 0.29) is 5.91 Å². The zero-order valence-electron chi connectivity index (χ0n) is 10.9. The van der Waals surface area contributed by atoms with Crippen molar-refractivity contribution >= 4 is 39.1 Å². The van der Waals surface area contributed by atoms with Crippen molar-refractivity contribution in [3.05, 3.63) is 27.7 Å². The summed E-state index contributed by atoms with van der Waals surface area (Å²) in [5.74, 6) is 0.0565. The van der Waals surface area contributed by atoms with Gasteiger partial charge in [0.05, 0.1) is 10.6 Å². The number of carbonyl (C=O) groups is 1. The van der Waals surface area contributed by atoms with E-state index in [4.69, 9.17) is 11.6 Å². The lowest BCUT2D eigenvalue weighted by Crippen LogP contribution is -2.50. The zero-order chi connectivity index (χ0) is 13.9. The minimum atomic E-state index is -0.402. The molecule has 1 aromatic rings. The first-order valence-corrected chi connectivity index (χ1v) is 7.76. The summed E-state index contributed by atoms with van der Waals surface area (Å²) >= 11 is 9.31. The van der Waals surface area contributed by atoms with Gasteiger partial charge in [0.2, 0.25) is 5.91 Å². The molecule has 2 N–H and O–H groups in total. The van der Waals surface area contributed by atoms with Gasteiger partial charge < -0.3 is 10.6 Å². The number of hydrogen-bond donors (Lipinski definition) is 2. The highest BCUT2D eigenvalue weighted by Gasteiger charge is 2.39. The van der Waals surface area contributed by atoms with E-state index in [1.807, 2.05) is 12.1 Å². The Morgan fingerprint density at radius 2 is 2.37 bits per heavy atom. The Hall–Kier alpha value is -0.580. The van der Waals surface area contributed by atoms with Gasteiger partial charge in [-0.25, -0.2) is 0 Å². The third-order valence-corrected chi connectivity index (χ3v) is 4.75. The highest BCUT2D eigenvalue weighted by Crippen LogP contribution is 2.29. The second-order valence-electron chi connectivity index (χ2n) is 4.95. The summed E-state index contributed by atoms with van der Waals surface area (Å²) in [6, 6.07) is 5.42. The molecule has 1 unspecified atom stereocenters. The van der Waals surface area contributed by atoms with Crippen LogP contribution in [-0.2, 0) is 4.79 Å². The average Bonchev–Trinajstić information content (AvgIpc) is 2.84. The molecule has 1 saturated heterocycles. The van der Waals surface area contributed by atoms with Gasteiger partial charge in [0.15, 0.2) is 0 Å². The highest BCUT2D eigenvalue weighted by molar-refractivity contribution is 9.10. The Morgan fingerprint density at radius 1 is 1.58 bits per heavy atom. The number of benzene rings is 1. The maximum Gasteiger partial charge on any atom is 0.244 e. The van der Waals surface area contributed by atoms with Crippen LogP contribution in [0.25, 0.3) is 0 Å². The molecule has 1 aliphatic rings. The fourth-order valence-corrected chi connectivity index (χ4v) is 3.07. The molecule has 104 valence electrons. The van der Waals surface area contributed by atoms with Gasteiger partial charge in [-0.05, 0) is 59.9 Å². The van der Waals surface area contributed by atoms with Gasteiger partial charge in [-0.1, -0.05) is 24.9 Å². The van der Waals surface area contributed by atoms with Crippen LogP contribution in [0.1, 0.15) is 32.6 Å². The summed E-state index contributed by atoms with van der Waals surface area (Å²) in [5.41, 5.74) is 0.367. The van der Waals surface area contributed by atoms with Crippen LogP contribution in [0.15, 0.2) is 22.7 Å². The maximum atomic E-state index is 12.5. The lowest BCUT2D eigenvalue weighted by molar-refractivity contribution is -0.122. The normalized spacial score (nSPS) is 22.5. The number of nitrogens with one attached hydrogen (secondary N) is 2. The molecule has 19 heavy (non-hydrogen) atoms. The predicted octanol–water partition coefficient (Wildman–Crippen LogP) is 3.96. The van der Waals surface area contributed by atoms with Crippen LogP contribution in [0.5, 0.6) is 0 Å². The van der Waals surface area contributed by atoms with Gasteiger partial charge in [0.1, 0.15) is 0 Å². The Labute approximate surface area is 127 Å². The van der Waals surface area contributed by atoms with Crippen molar-refractivity contribution in [2.45, 2.75) is 38.1 Å². The van der Waals surface area contributed by atoms with E-state index in [2.05, 4.69) is 33.5 Å². The van der Waals surface area contributed by atoms with Crippen molar-refractivity contribution in [3.63, 3.8) is 0 Å². The Morgan fingerprint density at radius 3 is 2.95 bits per heavy atom. The fraction of sp³-hybridized carbons (Fsp3) is 0.500. The van der Waals surface area contributed by atoms with E-state index in [1.165, 1.54) is 0 Å². The van der Waals surface area contributed by atoms with Crippen molar-refractivity contribution in [1.82, 2.24) is 5.32 Å². The smallest absolute Gasteiger partial charge is 0.244 e. The third kappa shape index (κ3) is 3.30. The lowest BCUT2D eigenvalue weighted by Gasteiger charge is -2.27. The molecule has 1 heterocycles. The topological polar surface area (TPSA) is 41.1 Å². The van der Waals surface area contributed by atoms with Gasteiger partial charge >= 0.3 is 0 Å². The summed E-state index contributed by atoms with van der Waals surface area (Å²) in [7, 11) is 0. The second kappa shape index (κ2) is 6.25. The SMILES string of the molecule is CCCC1(C(=O)Nc2ccc(Cl)c(Br)c2)CCCN1. The molecule has 0 saturated carbocycles. The Bertz CT molecular complexity index is 473. The Kier molecular flexibility index (Phi) is 4.87. The lowest BCUT2D eigenvalue weighted by atomic mass is 9.91. The van der Waals surface area contributed by atoms with Crippen LogP contribution >= 0.6 is 27.5 Å². The van der Waals surface area contributed by atoms with E-state index in [0.29, 0.717) is 5.02 Å². The van der Waals surface area contributed by atoms with E-state index in [1.54, 1.807) is 6.07 Å². The van der Waals surface area contributed by atoms with E-state index >= 15 is 0 Å². The summed E-state index contributed by atoms with van der Waals surface area (Å²) in [5, 5.41) is 6.99. The van der Waals surface area contributed by atoms with Crippen LogP contribution < -0.4 is 10.6 Å². The van der Waals surface area contributed by atoms with Crippen LogP contribution in [-0.4, -0.2) is 18.0 Å². The van der Waals surface area contributed by atoms with E-state index in [0.717, 1.165) is 42.4 Å². The predicted molar refractivity (Wildman–Crippen MR) is 82.7 cm³/mol. The second-order valence-corrected chi connectivity index (χ2v) is 6.21. The number of hydrogen-bond acceptors (Lipinski definition) is 2. The monoisotopic (exact) mass is 344 g/mol. The van der Waals surface area contributed by atoms with Crippen molar-refractivity contribution in [2.24, 2.45) is 0 Å². The molecule has 1 fully saturated rings. The first-order chi connectivity index (χ1) is 9.07. The van der Waals surface area contributed by atoms with Crippen molar-refractivity contribution in [1.29, 1.82) is 0 Å². The molecule has 1 amide bonds. The fourth-order valence-electron chi connectivity index (χ4n) is 2.58. The van der Waals surface area contributed by atoms with Gasteiger partial charge in [-0.2, -0.15) is 0 Å². The quantitative estimate of drug-likeness (QED) is 0.867. The van der Waals surface area contributed by atoms with Gasteiger partial charge in [0, 0.05) is 10.2 Å². The molecular weight excluding hydrogens is 328 g/mol. The molecular formula is C14H18BrClN2O. The molecule has 1 atom stereocenters. The standard InChI is InChI=1S/C14H18BrClN2O/c1-2-6-14(7-3-8-17-14)13(19)18-10-4-5-12(16)11(15)9-10/h4-5,9,17H,2-3,6-8H2,1H3,(H,18,19). The molecule has 5 heteroatoms. The van der Waals surface area contributed by atoms with Crippen molar-refractivity contribution in [2.75, 3.05) is 11.9 Å². The van der Waals surface area contributed by atoms with E-state index < -0.39 is 5.54 Å². The molecule has 0 aromatic heterocycles. The summed E-state index contributed by atoms with van der Waals surface area (Å²) < 4.78 is 0.788. The van der Waals surface area contributed by atoms with Crippen LogP contribution in [0.4, 0.5) is 5.69 Å². The summed E-state index contributed by atoms with van der Waals surface area (Å²) in [6.45, 7) is 3.02. The number of anilines is 1. The Balaban J connectivity index is 2.12.